The molecule has 3 heterocycles. The number of ether oxygens (including phenoxy) is 6. The lowest BCUT2D eigenvalue weighted by Crippen LogP contribution is -2.14. The van der Waals surface area contributed by atoms with Gasteiger partial charge >= 0.3 is 0 Å². The van der Waals surface area contributed by atoms with Crippen LogP contribution in [0.25, 0.3) is 0 Å². The van der Waals surface area contributed by atoms with Crippen molar-refractivity contribution in [3.63, 3.8) is 0 Å². The van der Waals surface area contributed by atoms with Crippen LogP contribution in [-0.4, -0.2) is 52.9 Å². The van der Waals surface area contributed by atoms with E-state index in [1.807, 2.05) is 21.5 Å². The number of thiophene rings is 2. The average Bonchev–Trinajstić information content (AvgIpc) is 3.22. The minimum Gasteiger partial charge on any atom is -0.486 e. The highest BCUT2D eigenvalue weighted by molar-refractivity contribution is 7.08. The Morgan fingerprint density at radius 2 is 0.750 bits per heavy atom. The molecule has 0 saturated heterocycles. The lowest BCUT2D eigenvalue weighted by molar-refractivity contribution is 0.0645. The first kappa shape index (κ1) is 17.3. The third kappa shape index (κ3) is 5.27. The molecule has 1 aliphatic heterocycles. The minimum absolute atomic E-state index is 0.469. The maximum atomic E-state index is 5.68. The van der Waals surface area contributed by atoms with Crippen molar-refractivity contribution in [3.05, 3.63) is 21.5 Å². The van der Waals surface area contributed by atoms with Gasteiger partial charge in [-0.2, -0.15) is 0 Å². The molecule has 0 aromatic carbocycles. The molecule has 0 aliphatic carbocycles. The molecular weight excluding hydrogens is 352 g/mol. The summed E-state index contributed by atoms with van der Waals surface area (Å²) in [6.07, 6.45) is 0. The van der Waals surface area contributed by atoms with Gasteiger partial charge in [0.25, 0.3) is 0 Å². The summed E-state index contributed by atoms with van der Waals surface area (Å²) in [6.45, 7) is 3.85. The van der Waals surface area contributed by atoms with Gasteiger partial charge in [-0.15, -0.1) is 22.7 Å². The highest BCUT2D eigenvalue weighted by atomic mass is 32.1. The molecule has 2 aromatic rings. The van der Waals surface area contributed by atoms with E-state index < -0.39 is 0 Å². The van der Waals surface area contributed by atoms with Gasteiger partial charge in [0, 0.05) is 21.5 Å². The topological polar surface area (TPSA) is 55.4 Å². The SMILES string of the molecule is c1scc2c1OCCOCCOc1cscc1OCCOCCO2. The molecule has 0 radical (unpaired) electrons. The monoisotopic (exact) mass is 372 g/mol. The van der Waals surface area contributed by atoms with Crippen molar-refractivity contribution in [2.45, 2.75) is 0 Å². The second-order valence-electron chi connectivity index (χ2n) is 4.82. The molecule has 2 aromatic heterocycles. The van der Waals surface area contributed by atoms with E-state index in [1.165, 1.54) is 0 Å². The Bertz CT molecular complexity index is 500. The van der Waals surface area contributed by atoms with Crippen molar-refractivity contribution in [1.82, 2.24) is 0 Å². The Hall–Kier alpha value is -1.48. The van der Waals surface area contributed by atoms with Gasteiger partial charge in [0.1, 0.15) is 26.4 Å². The van der Waals surface area contributed by atoms with Gasteiger partial charge in [0.05, 0.1) is 26.4 Å². The molecule has 0 fully saturated rings. The summed E-state index contributed by atoms with van der Waals surface area (Å²) in [4.78, 5) is 0. The van der Waals surface area contributed by atoms with Gasteiger partial charge < -0.3 is 28.4 Å². The maximum Gasteiger partial charge on any atom is 0.171 e. The predicted molar refractivity (Wildman–Crippen MR) is 92.3 cm³/mol. The first-order chi connectivity index (χ1) is 11.9. The Morgan fingerprint density at radius 1 is 0.458 bits per heavy atom. The summed E-state index contributed by atoms with van der Waals surface area (Å²) in [5.41, 5.74) is 0. The molecule has 3 rings (SSSR count). The number of rotatable bonds is 0. The number of hydrogen-bond donors (Lipinski definition) is 0. The van der Waals surface area contributed by atoms with E-state index >= 15 is 0 Å². The Balaban J connectivity index is 1.51. The molecule has 1 aliphatic rings. The zero-order valence-electron chi connectivity index (χ0n) is 13.2. The molecule has 0 amide bonds. The minimum atomic E-state index is 0.469. The number of fused-ring (bicyclic) bond motifs is 2. The third-order valence-electron chi connectivity index (χ3n) is 3.13. The molecule has 8 heteroatoms. The zero-order chi connectivity index (χ0) is 16.5. The van der Waals surface area contributed by atoms with Crippen LogP contribution in [0.4, 0.5) is 0 Å². The van der Waals surface area contributed by atoms with Crippen molar-refractivity contribution in [2.24, 2.45) is 0 Å². The molecule has 0 unspecified atom stereocenters. The van der Waals surface area contributed by atoms with Crippen molar-refractivity contribution >= 4 is 22.7 Å². The fourth-order valence-corrected chi connectivity index (χ4v) is 3.38. The Labute approximate surface area is 148 Å². The second-order valence-corrected chi connectivity index (χ2v) is 6.31. The molecule has 0 bridgehead atoms. The molecule has 6 nitrogen and oxygen atoms in total. The smallest absolute Gasteiger partial charge is 0.171 e. The summed E-state index contributed by atoms with van der Waals surface area (Å²) in [7, 11) is 0. The fourth-order valence-electron chi connectivity index (χ4n) is 2.01. The van der Waals surface area contributed by atoms with Crippen LogP contribution in [0.3, 0.4) is 0 Å². The summed E-state index contributed by atoms with van der Waals surface area (Å²) in [5.74, 6) is 2.97. The van der Waals surface area contributed by atoms with Crippen LogP contribution in [0, 0.1) is 0 Å². The van der Waals surface area contributed by atoms with Crippen LogP contribution >= 0.6 is 22.7 Å². The summed E-state index contributed by atoms with van der Waals surface area (Å²) >= 11 is 3.08. The Morgan fingerprint density at radius 3 is 1.04 bits per heavy atom. The third-order valence-corrected chi connectivity index (χ3v) is 4.53. The molecule has 0 N–H and O–H groups in total. The van der Waals surface area contributed by atoms with E-state index in [-0.39, 0.29) is 0 Å². The van der Waals surface area contributed by atoms with Crippen molar-refractivity contribution < 1.29 is 28.4 Å². The van der Waals surface area contributed by atoms with E-state index in [0.29, 0.717) is 52.9 Å². The highest BCUT2D eigenvalue weighted by Crippen LogP contribution is 2.32. The van der Waals surface area contributed by atoms with Gasteiger partial charge in [0.2, 0.25) is 0 Å². The number of hydrogen-bond acceptors (Lipinski definition) is 8. The molecule has 24 heavy (non-hydrogen) atoms. The van der Waals surface area contributed by atoms with E-state index in [9.17, 15) is 0 Å². The zero-order valence-corrected chi connectivity index (χ0v) is 14.9. The van der Waals surface area contributed by atoms with Crippen LogP contribution in [0.5, 0.6) is 23.0 Å². The van der Waals surface area contributed by atoms with Crippen LogP contribution in [-0.2, 0) is 9.47 Å². The largest absolute Gasteiger partial charge is 0.486 e. The normalized spacial score (nSPS) is 17.7. The van der Waals surface area contributed by atoms with E-state index in [0.717, 1.165) is 23.0 Å². The summed E-state index contributed by atoms with van der Waals surface area (Å²) in [6, 6.07) is 0. The lowest BCUT2D eigenvalue weighted by Gasteiger charge is -2.12. The van der Waals surface area contributed by atoms with Gasteiger partial charge in [-0.25, -0.2) is 0 Å². The predicted octanol–water partition coefficient (Wildman–Crippen LogP) is 3.07. The van der Waals surface area contributed by atoms with E-state index in [4.69, 9.17) is 28.4 Å². The molecule has 132 valence electrons. The lowest BCUT2D eigenvalue weighted by atomic mass is 10.5. The van der Waals surface area contributed by atoms with Crippen molar-refractivity contribution in [3.8, 4) is 23.0 Å². The first-order valence-electron chi connectivity index (χ1n) is 7.72. The van der Waals surface area contributed by atoms with Crippen LogP contribution in [0.2, 0.25) is 0 Å². The quantitative estimate of drug-likeness (QED) is 0.708. The van der Waals surface area contributed by atoms with Crippen LogP contribution in [0.1, 0.15) is 0 Å². The van der Waals surface area contributed by atoms with Crippen molar-refractivity contribution in [2.75, 3.05) is 52.9 Å². The molecular formula is C16H20O6S2. The summed E-state index contributed by atoms with van der Waals surface area (Å²) < 4.78 is 33.7. The Kier molecular flexibility index (Phi) is 7.03. The molecule has 0 saturated carbocycles. The molecule has 0 spiro atoms. The van der Waals surface area contributed by atoms with Gasteiger partial charge in [0.15, 0.2) is 23.0 Å². The standard InChI is InChI=1S/C16H20O6S2/c1-5-19-13-9-23-10-14(13)21-7-3-18-4-8-22-16-12-24-11-15(16)20-6-2-17-1/h9-12H,1-8H2. The highest BCUT2D eigenvalue weighted by Gasteiger charge is 2.08. The van der Waals surface area contributed by atoms with E-state index in [2.05, 4.69) is 0 Å². The molecule has 0 atom stereocenters. The van der Waals surface area contributed by atoms with E-state index in [1.54, 1.807) is 22.7 Å². The van der Waals surface area contributed by atoms with Crippen molar-refractivity contribution in [1.29, 1.82) is 0 Å². The second kappa shape index (κ2) is 9.73. The van der Waals surface area contributed by atoms with Gasteiger partial charge in [-0.05, 0) is 0 Å². The maximum absolute atomic E-state index is 5.68. The van der Waals surface area contributed by atoms with Crippen LogP contribution in [0.15, 0.2) is 21.5 Å². The summed E-state index contributed by atoms with van der Waals surface area (Å²) in [5, 5.41) is 7.68. The fraction of sp³-hybridized carbons (Fsp3) is 0.500. The van der Waals surface area contributed by atoms with Gasteiger partial charge in [-0.1, -0.05) is 0 Å². The van der Waals surface area contributed by atoms with Gasteiger partial charge in [-0.3, -0.25) is 0 Å². The average molecular weight is 372 g/mol. The first-order valence-corrected chi connectivity index (χ1v) is 9.61. The van der Waals surface area contributed by atoms with Crippen LogP contribution < -0.4 is 18.9 Å².